The van der Waals surface area contributed by atoms with Gasteiger partial charge in [-0.1, -0.05) is 35.9 Å². The summed E-state index contributed by atoms with van der Waals surface area (Å²) in [6.45, 7) is 7.45. The number of rotatable bonds is 7. The lowest BCUT2D eigenvalue weighted by atomic mass is 10.1. The summed E-state index contributed by atoms with van der Waals surface area (Å²) in [5.41, 5.74) is 2.37. The predicted molar refractivity (Wildman–Crippen MR) is 105 cm³/mol. The van der Waals surface area contributed by atoms with E-state index in [0.29, 0.717) is 12.5 Å². The van der Waals surface area contributed by atoms with Gasteiger partial charge in [0.2, 0.25) is 5.91 Å². The van der Waals surface area contributed by atoms with Crippen LogP contribution < -0.4 is 10.6 Å². The Morgan fingerprint density at radius 1 is 1.27 bits per heavy atom. The molecule has 1 aliphatic rings. The van der Waals surface area contributed by atoms with Gasteiger partial charge >= 0.3 is 0 Å². The summed E-state index contributed by atoms with van der Waals surface area (Å²) in [7, 11) is 0. The normalized spacial score (nSPS) is 18.5. The van der Waals surface area contributed by atoms with Gasteiger partial charge < -0.3 is 10.6 Å². The fourth-order valence-electron chi connectivity index (χ4n) is 3.31. The summed E-state index contributed by atoms with van der Waals surface area (Å²) in [4.78, 5) is 19.0. The van der Waals surface area contributed by atoms with Gasteiger partial charge in [0.25, 0.3) is 0 Å². The first-order valence-corrected chi connectivity index (χ1v) is 9.34. The first-order valence-electron chi connectivity index (χ1n) is 9.34. The van der Waals surface area contributed by atoms with Gasteiger partial charge in [-0.05, 0) is 50.4 Å². The average molecular weight is 352 g/mol. The van der Waals surface area contributed by atoms with E-state index in [9.17, 15) is 4.79 Å². The molecule has 1 aromatic carbocycles. The fraction of sp³-hybridized carbons (Fsp3) is 0.429. The number of aryl methyl sites for hydroxylation is 1. The summed E-state index contributed by atoms with van der Waals surface area (Å²) in [5.74, 6) is 1.56. The van der Waals surface area contributed by atoms with Crippen LogP contribution in [0.3, 0.4) is 0 Å². The topological polar surface area (TPSA) is 57.3 Å². The highest BCUT2D eigenvalue weighted by Crippen LogP contribution is 2.19. The Labute approximate surface area is 155 Å². The first kappa shape index (κ1) is 18.4. The van der Waals surface area contributed by atoms with Crippen LogP contribution in [-0.2, 0) is 11.3 Å². The molecule has 0 spiro atoms. The summed E-state index contributed by atoms with van der Waals surface area (Å²) in [6.07, 6.45) is 2.90. The largest absolute Gasteiger partial charge is 0.370 e. The van der Waals surface area contributed by atoms with E-state index in [1.807, 2.05) is 25.1 Å². The van der Waals surface area contributed by atoms with E-state index in [0.717, 1.165) is 37.4 Å². The summed E-state index contributed by atoms with van der Waals surface area (Å²) < 4.78 is 0. The lowest BCUT2D eigenvalue weighted by Crippen LogP contribution is -2.44. The van der Waals surface area contributed by atoms with Crippen LogP contribution in [0.5, 0.6) is 0 Å². The van der Waals surface area contributed by atoms with Gasteiger partial charge in [-0.3, -0.25) is 9.69 Å². The minimum absolute atomic E-state index is 0.0969. The average Bonchev–Trinajstić information content (AvgIpc) is 3.15. The van der Waals surface area contributed by atoms with Crippen LogP contribution in [0.4, 0.5) is 5.82 Å². The van der Waals surface area contributed by atoms with Gasteiger partial charge in [0.15, 0.2) is 0 Å². The number of anilines is 1. The van der Waals surface area contributed by atoms with Crippen molar-refractivity contribution < 1.29 is 4.79 Å². The van der Waals surface area contributed by atoms with Crippen LogP contribution in [-0.4, -0.2) is 41.5 Å². The number of aromatic nitrogens is 1. The highest BCUT2D eigenvalue weighted by molar-refractivity contribution is 5.81. The number of amides is 1. The number of hydrogen-bond donors (Lipinski definition) is 2. The third-order valence-electron chi connectivity index (χ3n) is 5.07. The molecule has 1 amide bonds. The van der Waals surface area contributed by atoms with Gasteiger partial charge in [0, 0.05) is 25.8 Å². The molecule has 2 atom stereocenters. The maximum atomic E-state index is 12.5. The zero-order valence-corrected chi connectivity index (χ0v) is 15.6. The van der Waals surface area contributed by atoms with Crippen molar-refractivity contribution in [2.45, 2.75) is 32.9 Å². The van der Waals surface area contributed by atoms with Crippen molar-refractivity contribution in [2.75, 3.05) is 25.0 Å². The van der Waals surface area contributed by atoms with E-state index in [1.165, 1.54) is 5.56 Å². The van der Waals surface area contributed by atoms with Crippen molar-refractivity contribution >= 4 is 11.7 Å². The van der Waals surface area contributed by atoms with Crippen LogP contribution in [0.25, 0.3) is 0 Å². The fourth-order valence-corrected chi connectivity index (χ4v) is 3.31. The van der Waals surface area contributed by atoms with Crippen LogP contribution >= 0.6 is 0 Å². The predicted octanol–water partition coefficient (Wildman–Crippen LogP) is 2.83. The molecule has 0 aliphatic carbocycles. The summed E-state index contributed by atoms with van der Waals surface area (Å²) in [6, 6.07) is 14.1. The molecule has 5 nitrogen and oxygen atoms in total. The number of nitrogens with zero attached hydrogens (tertiary/aromatic N) is 2. The molecule has 0 bridgehead atoms. The Morgan fingerprint density at radius 3 is 2.81 bits per heavy atom. The number of pyridine rings is 1. The molecule has 1 aliphatic heterocycles. The van der Waals surface area contributed by atoms with Gasteiger partial charge in [-0.15, -0.1) is 0 Å². The molecular weight excluding hydrogens is 324 g/mol. The number of benzene rings is 1. The minimum Gasteiger partial charge on any atom is -0.370 e. The molecule has 5 heteroatoms. The molecule has 0 radical (unpaired) electrons. The lowest BCUT2D eigenvalue weighted by Gasteiger charge is -2.23. The molecule has 138 valence electrons. The molecule has 3 rings (SSSR count). The maximum absolute atomic E-state index is 12.5. The van der Waals surface area contributed by atoms with Crippen LogP contribution in [0.15, 0.2) is 48.7 Å². The van der Waals surface area contributed by atoms with E-state index >= 15 is 0 Å². The third kappa shape index (κ3) is 5.05. The van der Waals surface area contributed by atoms with E-state index in [4.69, 9.17) is 0 Å². The smallest absolute Gasteiger partial charge is 0.237 e. The quantitative estimate of drug-likeness (QED) is 0.804. The Bertz CT molecular complexity index is 702. The van der Waals surface area contributed by atoms with Gasteiger partial charge in [-0.25, -0.2) is 4.98 Å². The Hall–Kier alpha value is -2.40. The molecular formula is C21H28N4O. The molecule has 2 N–H and O–H groups in total. The number of nitrogens with one attached hydrogen (secondary N) is 2. The first-order chi connectivity index (χ1) is 12.6. The van der Waals surface area contributed by atoms with E-state index in [1.54, 1.807) is 6.20 Å². The van der Waals surface area contributed by atoms with Crippen molar-refractivity contribution in [1.82, 2.24) is 15.2 Å². The zero-order valence-electron chi connectivity index (χ0n) is 15.6. The Morgan fingerprint density at radius 2 is 2.08 bits per heavy atom. The molecule has 2 aromatic rings. The van der Waals surface area contributed by atoms with Crippen molar-refractivity contribution in [3.05, 3.63) is 59.8 Å². The molecule has 1 saturated heterocycles. The number of carbonyl (C=O) groups is 1. The summed E-state index contributed by atoms with van der Waals surface area (Å²) in [5, 5.41) is 6.45. The van der Waals surface area contributed by atoms with E-state index < -0.39 is 0 Å². The van der Waals surface area contributed by atoms with Gasteiger partial charge in [0.1, 0.15) is 5.82 Å². The van der Waals surface area contributed by atoms with E-state index in [-0.39, 0.29) is 11.9 Å². The standard InChI is InChI=1S/C21H28N4O/c1-16-6-8-18(9-7-16)13-24-21(26)17(2)25-12-10-19(15-25)14-23-20-5-3-4-11-22-20/h3-9,11,17,19H,10,12-15H2,1-2H3,(H,22,23)(H,24,26). The van der Waals surface area contributed by atoms with Gasteiger partial charge in [0.05, 0.1) is 6.04 Å². The second kappa shape index (κ2) is 8.81. The lowest BCUT2D eigenvalue weighted by molar-refractivity contribution is -0.125. The number of hydrogen-bond acceptors (Lipinski definition) is 4. The van der Waals surface area contributed by atoms with Gasteiger partial charge in [-0.2, -0.15) is 0 Å². The molecule has 2 unspecified atom stereocenters. The van der Waals surface area contributed by atoms with Crippen LogP contribution in [0.1, 0.15) is 24.5 Å². The van der Waals surface area contributed by atoms with E-state index in [2.05, 4.69) is 51.7 Å². The molecule has 0 saturated carbocycles. The highest BCUT2D eigenvalue weighted by Gasteiger charge is 2.29. The summed E-state index contributed by atoms with van der Waals surface area (Å²) >= 11 is 0. The Kier molecular flexibility index (Phi) is 6.23. The number of carbonyl (C=O) groups excluding carboxylic acids is 1. The van der Waals surface area contributed by atoms with Crippen molar-refractivity contribution in [2.24, 2.45) is 5.92 Å². The monoisotopic (exact) mass is 352 g/mol. The molecule has 1 fully saturated rings. The van der Waals surface area contributed by atoms with Crippen LogP contribution in [0.2, 0.25) is 0 Å². The zero-order chi connectivity index (χ0) is 18.4. The number of likely N-dealkylation sites (tertiary alicyclic amines) is 1. The van der Waals surface area contributed by atoms with Crippen molar-refractivity contribution in [3.63, 3.8) is 0 Å². The molecule has 2 heterocycles. The maximum Gasteiger partial charge on any atom is 0.237 e. The van der Waals surface area contributed by atoms with Crippen LogP contribution in [0, 0.1) is 12.8 Å². The molecule has 1 aromatic heterocycles. The SMILES string of the molecule is Cc1ccc(CNC(=O)C(C)N2CCC(CNc3ccccn3)C2)cc1. The van der Waals surface area contributed by atoms with Crippen molar-refractivity contribution in [1.29, 1.82) is 0 Å². The molecule has 26 heavy (non-hydrogen) atoms. The second-order valence-electron chi connectivity index (χ2n) is 7.12. The highest BCUT2D eigenvalue weighted by atomic mass is 16.2. The second-order valence-corrected chi connectivity index (χ2v) is 7.12. The van der Waals surface area contributed by atoms with Crippen molar-refractivity contribution in [3.8, 4) is 0 Å². The minimum atomic E-state index is -0.0969. The Balaban J connectivity index is 1.42. The third-order valence-corrected chi connectivity index (χ3v) is 5.07.